The van der Waals surface area contributed by atoms with Gasteiger partial charge in [-0.05, 0) is 50.9 Å². The highest BCUT2D eigenvalue weighted by molar-refractivity contribution is 7.26. The standard InChI is InChI=1S/C52H30N4S2/c1-2-13-34(14-3-1)52-53-46-39-19-7-6-17-37(39)44-30-35(28-29-41(44)48(46)58-52)31-24-26-33(27-25-31)49-54-50(42-21-10-15-32-12-4-5-16-36(32)42)56-51(55-49)43-22-11-20-40-38-18-8-9-23-45(38)57-47(40)43/h1-30H. The molecule has 9 aromatic carbocycles. The largest absolute Gasteiger partial charge is 0.235 e. The fourth-order valence-electron chi connectivity index (χ4n) is 8.36. The molecule has 12 rings (SSSR count). The summed E-state index contributed by atoms with van der Waals surface area (Å²) in [7, 11) is 0. The first-order valence-corrected chi connectivity index (χ1v) is 20.9. The molecule has 0 fully saturated rings. The van der Waals surface area contributed by atoms with Gasteiger partial charge in [-0.3, -0.25) is 0 Å². The molecule has 12 aromatic rings. The number of benzene rings is 9. The Morgan fingerprint density at radius 3 is 1.78 bits per heavy atom. The molecular weight excluding hydrogens is 745 g/mol. The van der Waals surface area contributed by atoms with Crippen LogP contribution in [0.1, 0.15) is 0 Å². The summed E-state index contributed by atoms with van der Waals surface area (Å²) in [6.45, 7) is 0. The minimum atomic E-state index is 0.643. The predicted octanol–water partition coefficient (Wildman–Crippen LogP) is 14.6. The first-order chi connectivity index (χ1) is 28.7. The lowest BCUT2D eigenvalue weighted by atomic mass is 9.96. The van der Waals surface area contributed by atoms with Crippen molar-refractivity contribution in [3.63, 3.8) is 0 Å². The third-order valence-electron chi connectivity index (χ3n) is 11.2. The molecule has 0 spiro atoms. The molecule has 3 heterocycles. The average molecular weight is 775 g/mol. The van der Waals surface area contributed by atoms with Crippen LogP contribution in [0.25, 0.3) is 119 Å². The number of rotatable bonds is 5. The van der Waals surface area contributed by atoms with Crippen LogP contribution < -0.4 is 0 Å². The van der Waals surface area contributed by atoms with Crippen LogP contribution in [0, 0.1) is 0 Å². The van der Waals surface area contributed by atoms with E-state index in [0.717, 1.165) is 54.7 Å². The summed E-state index contributed by atoms with van der Waals surface area (Å²) in [5.41, 5.74) is 7.41. The second-order valence-corrected chi connectivity index (χ2v) is 16.6. The number of fused-ring (bicyclic) bond motifs is 10. The molecule has 0 amide bonds. The van der Waals surface area contributed by atoms with E-state index in [1.54, 1.807) is 22.7 Å². The van der Waals surface area contributed by atoms with Crippen molar-refractivity contribution in [3.05, 3.63) is 182 Å². The van der Waals surface area contributed by atoms with Crippen molar-refractivity contribution in [1.29, 1.82) is 0 Å². The minimum Gasteiger partial charge on any atom is -0.235 e. The quantitative estimate of drug-likeness (QED) is 0.163. The summed E-state index contributed by atoms with van der Waals surface area (Å²) in [5, 5.41) is 10.6. The van der Waals surface area contributed by atoms with E-state index in [0.29, 0.717) is 17.5 Å². The van der Waals surface area contributed by atoms with Gasteiger partial charge in [0.2, 0.25) is 0 Å². The van der Waals surface area contributed by atoms with E-state index in [9.17, 15) is 0 Å². The van der Waals surface area contributed by atoms with Crippen LogP contribution in [-0.4, -0.2) is 19.9 Å². The molecule has 0 saturated heterocycles. The highest BCUT2D eigenvalue weighted by atomic mass is 32.1. The summed E-state index contributed by atoms with van der Waals surface area (Å²) in [4.78, 5) is 20.8. The van der Waals surface area contributed by atoms with Gasteiger partial charge < -0.3 is 0 Å². The van der Waals surface area contributed by atoms with Crippen molar-refractivity contribution >= 4 is 85.4 Å². The maximum Gasteiger partial charge on any atom is 0.165 e. The molecular formula is C52H30N4S2. The molecule has 3 aromatic heterocycles. The number of hydrogen-bond donors (Lipinski definition) is 0. The summed E-state index contributed by atoms with van der Waals surface area (Å²) < 4.78 is 3.64. The molecule has 0 saturated carbocycles. The molecule has 6 heteroatoms. The van der Waals surface area contributed by atoms with Crippen molar-refractivity contribution in [1.82, 2.24) is 19.9 Å². The van der Waals surface area contributed by atoms with Crippen LogP contribution in [0.15, 0.2) is 182 Å². The molecule has 0 aliphatic carbocycles. The highest BCUT2D eigenvalue weighted by Gasteiger charge is 2.19. The van der Waals surface area contributed by atoms with E-state index >= 15 is 0 Å². The van der Waals surface area contributed by atoms with Gasteiger partial charge in [0.15, 0.2) is 17.5 Å². The summed E-state index contributed by atoms with van der Waals surface area (Å²) in [6, 6.07) is 64.4. The van der Waals surface area contributed by atoms with Crippen molar-refractivity contribution in [3.8, 4) is 55.9 Å². The Bertz CT molecular complexity index is 3560. The van der Waals surface area contributed by atoms with Crippen LogP contribution in [0.4, 0.5) is 0 Å². The zero-order valence-corrected chi connectivity index (χ0v) is 32.6. The van der Waals surface area contributed by atoms with E-state index in [4.69, 9.17) is 19.9 Å². The molecule has 0 aliphatic rings. The highest BCUT2D eigenvalue weighted by Crippen LogP contribution is 2.43. The van der Waals surface area contributed by atoms with Crippen LogP contribution in [0.5, 0.6) is 0 Å². The van der Waals surface area contributed by atoms with Gasteiger partial charge in [-0.1, -0.05) is 164 Å². The summed E-state index contributed by atoms with van der Waals surface area (Å²) in [6.07, 6.45) is 0. The van der Waals surface area contributed by atoms with Crippen molar-refractivity contribution in [2.24, 2.45) is 0 Å². The summed E-state index contributed by atoms with van der Waals surface area (Å²) in [5.74, 6) is 1.97. The molecule has 4 nitrogen and oxygen atoms in total. The van der Waals surface area contributed by atoms with E-state index in [1.165, 1.54) is 46.4 Å². The fourth-order valence-corrected chi connectivity index (χ4v) is 10.7. The van der Waals surface area contributed by atoms with Gasteiger partial charge in [-0.2, -0.15) is 0 Å². The Morgan fingerprint density at radius 1 is 0.310 bits per heavy atom. The predicted molar refractivity (Wildman–Crippen MR) is 246 cm³/mol. The minimum absolute atomic E-state index is 0.643. The summed E-state index contributed by atoms with van der Waals surface area (Å²) >= 11 is 3.55. The topological polar surface area (TPSA) is 51.6 Å². The maximum absolute atomic E-state index is 5.21. The Balaban J connectivity index is 0.995. The van der Waals surface area contributed by atoms with E-state index in [-0.39, 0.29) is 0 Å². The number of thiophene rings is 1. The Hall–Kier alpha value is -7.12. The lowest BCUT2D eigenvalue weighted by molar-refractivity contribution is 1.08. The van der Waals surface area contributed by atoms with Gasteiger partial charge in [0.05, 0.1) is 10.2 Å². The van der Waals surface area contributed by atoms with Gasteiger partial charge in [0.1, 0.15) is 5.01 Å². The molecule has 270 valence electrons. The lowest BCUT2D eigenvalue weighted by Crippen LogP contribution is -2.00. The third kappa shape index (κ3) is 5.34. The SMILES string of the molecule is c1ccc(-c2nc3c4ccccc4c4cc(-c5ccc(-c6nc(-c7cccc8ccccc78)nc(-c7cccc8c7sc7ccccc78)n6)cc5)ccc4c3s2)cc1. The Morgan fingerprint density at radius 2 is 0.914 bits per heavy atom. The van der Waals surface area contributed by atoms with Gasteiger partial charge in [0.25, 0.3) is 0 Å². The monoisotopic (exact) mass is 774 g/mol. The van der Waals surface area contributed by atoms with Gasteiger partial charge in [0, 0.05) is 53.2 Å². The zero-order chi connectivity index (χ0) is 38.2. The average Bonchev–Trinajstić information content (AvgIpc) is 3.92. The van der Waals surface area contributed by atoms with Gasteiger partial charge >= 0.3 is 0 Å². The molecule has 0 atom stereocenters. The molecule has 0 radical (unpaired) electrons. The zero-order valence-electron chi connectivity index (χ0n) is 30.9. The second-order valence-electron chi connectivity index (χ2n) is 14.6. The molecule has 0 aliphatic heterocycles. The normalized spacial score (nSPS) is 11.8. The molecule has 0 N–H and O–H groups in total. The molecule has 0 bridgehead atoms. The van der Waals surface area contributed by atoms with E-state index in [1.807, 2.05) is 0 Å². The van der Waals surface area contributed by atoms with E-state index < -0.39 is 0 Å². The fraction of sp³-hybridized carbons (Fsp3) is 0. The number of hydrogen-bond acceptors (Lipinski definition) is 6. The van der Waals surface area contributed by atoms with Crippen LogP contribution in [0.2, 0.25) is 0 Å². The van der Waals surface area contributed by atoms with Crippen LogP contribution in [0.3, 0.4) is 0 Å². The molecule has 0 unspecified atom stereocenters. The second kappa shape index (κ2) is 13.2. The van der Waals surface area contributed by atoms with Crippen LogP contribution in [-0.2, 0) is 0 Å². The van der Waals surface area contributed by atoms with Crippen LogP contribution >= 0.6 is 22.7 Å². The van der Waals surface area contributed by atoms with Gasteiger partial charge in [-0.25, -0.2) is 19.9 Å². The van der Waals surface area contributed by atoms with E-state index in [2.05, 4.69) is 182 Å². The van der Waals surface area contributed by atoms with Gasteiger partial charge in [-0.15, -0.1) is 22.7 Å². The maximum atomic E-state index is 5.21. The number of thiazole rings is 1. The Kier molecular flexibility index (Phi) is 7.55. The first-order valence-electron chi connectivity index (χ1n) is 19.3. The number of aromatic nitrogens is 4. The van der Waals surface area contributed by atoms with Crippen molar-refractivity contribution in [2.45, 2.75) is 0 Å². The third-order valence-corrected chi connectivity index (χ3v) is 13.5. The van der Waals surface area contributed by atoms with Crippen molar-refractivity contribution in [2.75, 3.05) is 0 Å². The number of nitrogens with zero attached hydrogens (tertiary/aromatic N) is 4. The lowest BCUT2D eigenvalue weighted by Gasteiger charge is -2.12. The Labute approximate surface area is 341 Å². The first kappa shape index (κ1) is 33.1. The molecule has 58 heavy (non-hydrogen) atoms. The smallest absolute Gasteiger partial charge is 0.165 e. The van der Waals surface area contributed by atoms with Crippen molar-refractivity contribution < 1.29 is 0 Å².